The number of nitrogens with zero attached hydrogens (tertiary/aromatic N) is 1. The van der Waals surface area contributed by atoms with Crippen molar-refractivity contribution < 1.29 is 17.9 Å². The molecule has 0 atom stereocenters. The van der Waals surface area contributed by atoms with Crippen molar-refractivity contribution in [1.29, 1.82) is 0 Å². The van der Waals surface area contributed by atoms with E-state index in [-0.39, 0.29) is 4.93 Å². The highest BCUT2D eigenvalue weighted by molar-refractivity contribution is 8.00. The van der Waals surface area contributed by atoms with Crippen molar-refractivity contribution in [2.45, 2.75) is 29.6 Å². The molecule has 0 aliphatic carbocycles. The molecule has 0 amide bonds. The van der Waals surface area contributed by atoms with Crippen LogP contribution in [0.4, 0.5) is 0 Å². The molecule has 122 valence electrons. The first-order chi connectivity index (χ1) is 10.6. The van der Waals surface area contributed by atoms with E-state index in [0.29, 0.717) is 30.3 Å². The highest BCUT2D eigenvalue weighted by Gasteiger charge is 2.42. The van der Waals surface area contributed by atoms with Crippen molar-refractivity contribution in [3.63, 3.8) is 0 Å². The normalized spacial score (nSPS) is 22.0. The molecule has 2 aliphatic heterocycles. The van der Waals surface area contributed by atoms with Crippen molar-refractivity contribution in [2.24, 2.45) is 0 Å². The number of thioether (sulfide) groups is 1. The summed E-state index contributed by atoms with van der Waals surface area (Å²) in [5, 5.41) is 0. The molecule has 2 aliphatic rings. The van der Waals surface area contributed by atoms with Crippen LogP contribution >= 0.6 is 11.8 Å². The molecule has 3 rings (SSSR count). The second kappa shape index (κ2) is 6.39. The Kier molecular flexibility index (Phi) is 4.68. The Labute approximate surface area is 136 Å². The van der Waals surface area contributed by atoms with E-state index in [4.69, 9.17) is 9.47 Å². The van der Waals surface area contributed by atoms with E-state index < -0.39 is 10.0 Å². The van der Waals surface area contributed by atoms with Crippen LogP contribution < -0.4 is 4.74 Å². The third-order valence-electron chi connectivity index (χ3n) is 4.07. The highest BCUT2D eigenvalue weighted by atomic mass is 32.2. The molecule has 1 aromatic carbocycles. The second-order valence-electron chi connectivity index (χ2n) is 5.42. The largest absolute Gasteiger partial charge is 0.494 e. The molecule has 1 spiro atoms. The van der Waals surface area contributed by atoms with Crippen LogP contribution in [0.1, 0.15) is 19.8 Å². The van der Waals surface area contributed by atoms with Gasteiger partial charge in [-0.1, -0.05) is 0 Å². The van der Waals surface area contributed by atoms with Crippen LogP contribution in [0.15, 0.2) is 29.2 Å². The van der Waals surface area contributed by atoms with Crippen LogP contribution in [0.2, 0.25) is 0 Å². The molecule has 0 N–H and O–H groups in total. The number of rotatable bonds is 4. The maximum Gasteiger partial charge on any atom is 0.243 e. The summed E-state index contributed by atoms with van der Waals surface area (Å²) in [5.41, 5.74) is 0. The summed E-state index contributed by atoms with van der Waals surface area (Å²) in [4.78, 5) is 0.178. The molecule has 22 heavy (non-hydrogen) atoms. The monoisotopic (exact) mass is 343 g/mol. The molecule has 7 heteroatoms. The van der Waals surface area contributed by atoms with Crippen LogP contribution in [0.5, 0.6) is 5.75 Å². The summed E-state index contributed by atoms with van der Waals surface area (Å²) in [6.45, 7) is 4.27. The van der Waals surface area contributed by atoms with Gasteiger partial charge in [-0.25, -0.2) is 8.42 Å². The first-order valence-corrected chi connectivity index (χ1v) is 9.99. The number of benzene rings is 1. The molecule has 1 aromatic rings. The van der Waals surface area contributed by atoms with Gasteiger partial charge in [0.1, 0.15) is 10.7 Å². The van der Waals surface area contributed by atoms with Gasteiger partial charge in [0, 0.05) is 18.8 Å². The van der Waals surface area contributed by atoms with Gasteiger partial charge in [0.2, 0.25) is 10.0 Å². The lowest BCUT2D eigenvalue weighted by Crippen LogP contribution is -2.44. The molecule has 2 saturated heterocycles. The molecule has 0 unspecified atom stereocenters. The van der Waals surface area contributed by atoms with Crippen molar-refractivity contribution in [3.8, 4) is 5.75 Å². The van der Waals surface area contributed by atoms with E-state index >= 15 is 0 Å². The average Bonchev–Trinajstić information content (AvgIpc) is 2.97. The Morgan fingerprint density at radius 1 is 1.27 bits per heavy atom. The fourth-order valence-electron chi connectivity index (χ4n) is 2.88. The standard InChI is InChI=1S/C15H21NO4S2/c1-2-19-13-3-5-14(6-4-13)22(17,18)16-9-7-15(8-10-16)20-11-12-21-15/h3-6H,2,7-12H2,1H3. The summed E-state index contributed by atoms with van der Waals surface area (Å²) in [7, 11) is -3.43. The van der Waals surface area contributed by atoms with Crippen LogP contribution in [-0.4, -0.2) is 49.7 Å². The summed E-state index contributed by atoms with van der Waals surface area (Å²) >= 11 is 1.82. The van der Waals surface area contributed by atoms with E-state index in [0.717, 1.165) is 25.2 Å². The zero-order valence-electron chi connectivity index (χ0n) is 12.7. The zero-order chi connectivity index (χ0) is 15.6. The van der Waals surface area contributed by atoms with Crippen molar-refractivity contribution in [2.75, 3.05) is 32.1 Å². The number of ether oxygens (including phenoxy) is 2. The van der Waals surface area contributed by atoms with E-state index in [2.05, 4.69) is 0 Å². The van der Waals surface area contributed by atoms with E-state index in [1.807, 2.05) is 18.7 Å². The van der Waals surface area contributed by atoms with Crippen molar-refractivity contribution in [1.82, 2.24) is 4.31 Å². The Bertz CT molecular complexity index is 599. The van der Waals surface area contributed by atoms with Gasteiger partial charge < -0.3 is 9.47 Å². The second-order valence-corrected chi connectivity index (χ2v) is 8.79. The molecule has 5 nitrogen and oxygen atoms in total. The minimum Gasteiger partial charge on any atom is -0.494 e. The first kappa shape index (κ1) is 16.1. The maximum absolute atomic E-state index is 12.7. The van der Waals surface area contributed by atoms with E-state index in [1.54, 1.807) is 28.6 Å². The van der Waals surface area contributed by atoms with Gasteiger partial charge in [-0.2, -0.15) is 4.31 Å². The van der Waals surface area contributed by atoms with E-state index in [9.17, 15) is 8.42 Å². The smallest absolute Gasteiger partial charge is 0.243 e. The Morgan fingerprint density at radius 2 is 1.95 bits per heavy atom. The quantitative estimate of drug-likeness (QED) is 0.840. The first-order valence-electron chi connectivity index (χ1n) is 7.57. The molecule has 0 aromatic heterocycles. The predicted octanol–water partition coefficient (Wildman–Crippen LogP) is 2.33. The molecular formula is C15H21NO4S2. The lowest BCUT2D eigenvalue weighted by atomic mass is 10.1. The molecule has 0 saturated carbocycles. The van der Waals surface area contributed by atoms with Gasteiger partial charge in [0.05, 0.1) is 18.1 Å². The summed E-state index contributed by atoms with van der Waals surface area (Å²) in [6, 6.07) is 6.65. The molecule has 0 bridgehead atoms. The SMILES string of the molecule is CCOc1ccc(S(=O)(=O)N2CCC3(CC2)OCCS3)cc1. The zero-order valence-corrected chi connectivity index (χ0v) is 14.3. The maximum atomic E-state index is 12.7. The summed E-state index contributed by atoms with van der Waals surface area (Å²) in [5.74, 6) is 1.70. The number of piperidine rings is 1. The van der Waals surface area contributed by atoms with Gasteiger partial charge in [-0.05, 0) is 44.0 Å². The molecule has 2 heterocycles. The van der Waals surface area contributed by atoms with Gasteiger partial charge >= 0.3 is 0 Å². The predicted molar refractivity (Wildman–Crippen MR) is 86.7 cm³/mol. The van der Waals surface area contributed by atoms with E-state index in [1.165, 1.54) is 0 Å². The van der Waals surface area contributed by atoms with Crippen LogP contribution in [0.25, 0.3) is 0 Å². The number of hydrogen-bond donors (Lipinski definition) is 0. The third kappa shape index (κ3) is 3.13. The Morgan fingerprint density at radius 3 is 2.50 bits per heavy atom. The van der Waals surface area contributed by atoms with Gasteiger partial charge in [0.25, 0.3) is 0 Å². The van der Waals surface area contributed by atoms with Gasteiger partial charge in [0.15, 0.2) is 0 Å². The van der Waals surface area contributed by atoms with Crippen LogP contribution in [0, 0.1) is 0 Å². The molecular weight excluding hydrogens is 322 g/mol. The fourth-order valence-corrected chi connectivity index (χ4v) is 5.49. The topological polar surface area (TPSA) is 55.8 Å². The van der Waals surface area contributed by atoms with Crippen molar-refractivity contribution >= 4 is 21.8 Å². The van der Waals surface area contributed by atoms with Gasteiger partial charge in [-0.15, -0.1) is 11.8 Å². The average molecular weight is 343 g/mol. The summed E-state index contributed by atoms with van der Waals surface area (Å²) in [6.07, 6.45) is 1.52. The summed E-state index contributed by atoms with van der Waals surface area (Å²) < 4.78 is 38.1. The number of hydrogen-bond acceptors (Lipinski definition) is 5. The minimum atomic E-state index is -3.43. The Balaban J connectivity index is 1.70. The lowest BCUT2D eigenvalue weighted by molar-refractivity contribution is 0.0162. The fraction of sp³-hybridized carbons (Fsp3) is 0.600. The highest BCUT2D eigenvalue weighted by Crippen LogP contribution is 2.42. The van der Waals surface area contributed by atoms with Crippen LogP contribution in [0.3, 0.4) is 0 Å². The lowest BCUT2D eigenvalue weighted by Gasteiger charge is -2.37. The third-order valence-corrected chi connectivity index (χ3v) is 7.41. The molecule has 0 radical (unpaired) electrons. The minimum absolute atomic E-state index is 0.148. The van der Waals surface area contributed by atoms with Gasteiger partial charge in [-0.3, -0.25) is 0 Å². The van der Waals surface area contributed by atoms with Crippen molar-refractivity contribution in [3.05, 3.63) is 24.3 Å². The number of sulfonamides is 1. The Hall–Kier alpha value is -0.760. The molecule has 2 fully saturated rings. The van der Waals surface area contributed by atoms with Crippen LogP contribution in [-0.2, 0) is 14.8 Å².